The zero-order valence-corrected chi connectivity index (χ0v) is 14.9. The summed E-state index contributed by atoms with van der Waals surface area (Å²) in [6, 6.07) is 15.3. The number of amides is 1. The summed E-state index contributed by atoms with van der Waals surface area (Å²) in [4.78, 5) is 20.3. The molecule has 0 aliphatic heterocycles. The van der Waals surface area contributed by atoms with Crippen LogP contribution in [0.4, 0.5) is 23.1 Å². The number of anilines is 4. The third-order valence-electron chi connectivity index (χ3n) is 3.95. The Morgan fingerprint density at radius 3 is 2.56 bits per heavy atom. The van der Waals surface area contributed by atoms with Crippen molar-refractivity contribution >= 4 is 29.0 Å². The lowest BCUT2D eigenvalue weighted by Gasteiger charge is -2.12. The van der Waals surface area contributed by atoms with Gasteiger partial charge in [0.2, 0.25) is 5.95 Å². The molecule has 3 rings (SSSR count). The van der Waals surface area contributed by atoms with Gasteiger partial charge in [-0.2, -0.15) is 4.98 Å². The summed E-state index contributed by atoms with van der Waals surface area (Å²) in [6.07, 6.45) is 2.00. The SMILES string of the molecule is Cc1cccc(Nc2nc(Nc3ccc(CCO)cc3)ncc2C(N)=O)c1. The molecule has 3 aromatic rings. The fourth-order valence-electron chi connectivity index (χ4n) is 2.59. The van der Waals surface area contributed by atoms with Crippen molar-refractivity contribution in [1.29, 1.82) is 0 Å². The molecular formula is C20H21N5O2. The van der Waals surface area contributed by atoms with Crippen LogP contribution in [0.2, 0.25) is 0 Å². The Hall–Kier alpha value is -3.45. The molecule has 0 radical (unpaired) electrons. The van der Waals surface area contributed by atoms with Gasteiger partial charge in [-0.25, -0.2) is 4.98 Å². The molecule has 0 unspecified atom stereocenters. The molecule has 0 saturated carbocycles. The molecule has 1 amide bonds. The van der Waals surface area contributed by atoms with Gasteiger partial charge >= 0.3 is 0 Å². The number of nitrogens with zero attached hydrogens (tertiary/aromatic N) is 2. The molecule has 7 nitrogen and oxygen atoms in total. The molecule has 1 heterocycles. The minimum atomic E-state index is -0.606. The minimum absolute atomic E-state index is 0.110. The summed E-state index contributed by atoms with van der Waals surface area (Å²) in [7, 11) is 0. The van der Waals surface area contributed by atoms with Gasteiger partial charge in [-0.05, 0) is 48.7 Å². The van der Waals surface area contributed by atoms with Gasteiger partial charge < -0.3 is 21.5 Å². The first-order valence-electron chi connectivity index (χ1n) is 8.52. The van der Waals surface area contributed by atoms with Crippen molar-refractivity contribution in [3.05, 3.63) is 71.4 Å². The van der Waals surface area contributed by atoms with E-state index in [-0.39, 0.29) is 12.2 Å². The summed E-state index contributed by atoms with van der Waals surface area (Å²) < 4.78 is 0. The lowest BCUT2D eigenvalue weighted by Crippen LogP contribution is -2.15. The fourth-order valence-corrected chi connectivity index (χ4v) is 2.59. The minimum Gasteiger partial charge on any atom is -0.396 e. The fraction of sp³-hybridized carbons (Fsp3) is 0.150. The van der Waals surface area contributed by atoms with Crippen molar-refractivity contribution < 1.29 is 9.90 Å². The van der Waals surface area contributed by atoms with E-state index in [9.17, 15) is 4.79 Å². The van der Waals surface area contributed by atoms with Crippen LogP contribution in [0.15, 0.2) is 54.7 Å². The summed E-state index contributed by atoms with van der Waals surface area (Å²) in [5.74, 6) is 0.0672. The topological polar surface area (TPSA) is 113 Å². The standard InChI is InChI=1S/C20H21N5O2/c1-13-3-2-4-16(11-13)23-19-17(18(21)27)12-22-20(25-19)24-15-7-5-14(6-8-15)9-10-26/h2-8,11-12,26H,9-10H2,1H3,(H2,21,27)(H2,22,23,24,25). The van der Waals surface area contributed by atoms with Crippen molar-refractivity contribution in [2.45, 2.75) is 13.3 Å². The summed E-state index contributed by atoms with van der Waals surface area (Å²) in [6.45, 7) is 2.09. The van der Waals surface area contributed by atoms with E-state index in [2.05, 4.69) is 20.6 Å². The number of aliphatic hydroxyl groups is 1. The molecule has 0 saturated heterocycles. The number of hydrogen-bond acceptors (Lipinski definition) is 6. The van der Waals surface area contributed by atoms with E-state index in [4.69, 9.17) is 10.8 Å². The molecule has 27 heavy (non-hydrogen) atoms. The largest absolute Gasteiger partial charge is 0.396 e. The second-order valence-corrected chi connectivity index (χ2v) is 6.11. The number of benzene rings is 2. The van der Waals surface area contributed by atoms with Crippen LogP contribution >= 0.6 is 0 Å². The van der Waals surface area contributed by atoms with Gasteiger partial charge in [0, 0.05) is 24.2 Å². The lowest BCUT2D eigenvalue weighted by atomic mass is 10.1. The van der Waals surface area contributed by atoms with Crippen molar-refractivity contribution in [2.24, 2.45) is 5.73 Å². The van der Waals surface area contributed by atoms with Crippen molar-refractivity contribution in [2.75, 3.05) is 17.2 Å². The van der Waals surface area contributed by atoms with Crippen molar-refractivity contribution in [3.8, 4) is 0 Å². The van der Waals surface area contributed by atoms with E-state index in [1.807, 2.05) is 55.5 Å². The van der Waals surface area contributed by atoms with Crippen LogP contribution in [0.25, 0.3) is 0 Å². The number of nitrogens with one attached hydrogen (secondary N) is 2. The maximum atomic E-state index is 11.7. The quantitative estimate of drug-likeness (QED) is 0.513. The van der Waals surface area contributed by atoms with Crippen molar-refractivity contribution in [3.63, 3.8) is 0 Å². The van der Waals surface area contributed by atoms with E-state index in [0.29, 0.717) is 18.2 Å². The third kappa shape index (κ3) is 4.80. The van der Waals surface area contributed by atoms with Gasteiger partial charge in [0.05, 0.1) is 0 Å². The molecule has 5 N–H and O–H groups in total. The molecule has 1 aromatic heterocycles. The number of aryl methyl sites for hydroxylation is 1. The predicted molar refractivity (Wildman–Crippen MR) is 106 cm³/mol. The Balaban J connectivity index is 1.85. The Labute approximate surface area is 157 Å². The van der Waals surface area contributed by atoms with Gasteiger partial charge in [-0.1, -0.05) is 24.3 Å². The number of aliphatic hydroxyl groups excluding tert-OH is 1. The Bertz CT molecular complexity index is 941. The summed E-state index contributed by atoms with van der Waals surface area (Å²) >= 11 is 0. The van der Waals surface area contributed by atoms with E-state index in [1.54, 1.807) is 0 Å². The maximum Gasteiger partial charge on any atom is 0.254 e. The van der Waals surface area contributed by atoms with Crippen LogP contribution in [0.5, 0.6) is 0 Å². The van der Waals surface area contributed by atoms with Crippen LogP contribution in [0, 0.1) is 6.92 Å². The van der Waals surface area contributed by atoms with Crippen LogP contribution in [-0.2, 0) is 6.42 Å². The summed E-state index contributed by atoms with van der Waals surface area (Å²) in [5, 5.41) is 15.2. The Morgan fingerprint density at radius 1 is 1.11 bits per heavy atom. The maximum absolute atomic E-state index is 11.7. The number of carbonyl (C=O) groups excluding carboxylic acids is 1. The average molecular weight is 363 g/mol. The van der Waals surface area contributed by atoms with Gasteiger partial charge in [-0.15, -0.1) is 0 Å². The average Bonchev–Trinajstić information content (AvgIpc) is 2.63. The highest BCUT2D eigenvalue weighted by molar-refractivity contribution is 5.98. The lowest BCUT2D eigenvalue weighted by molar-refractivity contribution is 0.100. The number of nitrogens with two attached hydrogens (primary N) is 1. The normalized spacial score (nSPS) is 10.4. The van der Waals surface area contributed by atoms with Crippen LogP contribution < -0.4 is 16.4 Å². The highest BCUT2D eigenvalue weighted by Crippen LogP contribution is 2.22. The highest BCUT2D eigenvalue weighted by atomic mass is 16.3. The monoisotopic (exact) mass is 363 g/mol. The van der Waals surface area contributed by atoms with E-state index >= 15 is 0 Å². The molecule has 0 fully saturated rings. The zero-order valence-electron chi connectivity index (χ0n) is 14.9. The molecular weight excluding hydrogens is 342 g/mol. The Morgan fingerprint density at radius 2 is 1.89 bits per heavy atom. The van der Waals surface area contributed by atoms with E-state index in [1.165, 1.54) is 6.20 Å². The van der Waals surface area contributed by atoms with E-state index < -0.39 is 5.91 Å². The van der Waals surface area contributed by atoms with Gasteiger partial charge in [0.25, 0.3) is 5.91 Å². The predicted octanol–water partition coefficient (Wildman–Crippen LogP) is 2.91. The highest BCUT2D eigenvalue weighted by Gasteiger charge is 2.13. The molecule has 0 atom stereocenters. The first-order chi connectivity index (χ1) is 13.0. The van der Waals surface area contributed by atoms with Gasteiger partial charge in [0.1, 0.15) is 11.4 Å². The van der Waals surface area contributed by atoms with Crippen LogP contribution in [-0.4, -0.2) is 27.6 Å². The first kappa shape index (κ1) is 18.3. The molecule has 0 aliphatic rings. The molecule has 0 aliphatic carbocycles. The van der Waals surface area contributed by atoms with Gasteiger partial charge in [-0.3, -0.25) is 4.79 Å². The van der Waals surface area contributed by atoms with E-state index in [0.717, 1.165) is 22.5 Å². The van der Waals surface area contributed by atoms with Crippen LogP contribution in [0.1, 0.15) is 21.5 Å². The smallest absolute Gasteiger partial charge is 0.254 e. The molecule has 0 bridgehead atoms. The van der Waals surface area contributed by atoms with Gasteiger partial charge in [0.15, 0.2) is 0 Å². The molecule has 2 aromatic carbocycles. The molecule has 7 heteroatoms. The number of primary amides is 1. The second kappa shape index (κ2) is 8.29. The molecule has 138 valence electrons. The number of carbonyl (C=O) groups is 1. The number of aromatic nitrogens is 2. The molecule has 0 spiro atoms. The summed E-state index contributed by atoms with van der Waals surface area (Å²) in [5.41, 5.74) is 9.37. The van der Waals surface area contributed by atoms with Crippen LogP contribution in [0.3, 0.4) is 0 Å². The third-order valence-corrected chi connectivity index (χ3v) is 3.95. The first-order valence-corrected chi connectivity index (χ1v) is 8.52. The number of rotatable bonds is 7. The number of hydrogen-bond donors (Lipinski definition) is 4. The second-order valence-electron chi connectivity index (χ2n) is 6.11. The van der Waals surface area contributed by atoms with Crippen molar-refractivity contribution in [1.82, 2.24) is 9.97 Å². The Kier molecular flexibility index (Phi) is 5.63. The zero-order chi connectivity index (χ0) is 19.2.